The van der Waals surface area contributed by atoms with Gasteiger partial charge in [-0.25, -0.2) is 9.37 Å². The van der Waals surface area contributed by atoms with Gasteiger partial charge in [0.15, 0.2) is 0 Å². The first-order chi connectivity index (χ1) is 9.15. The van der Waals surface area contributed by atoms with E-state index in [1.54, 1.807) is 12.4 Å². The third-order valence-electron chi connectivity index (χ3n) is 3.14. The maximum Gasteiger partial charge on any atom is 0.125 e. The molecule has 0 radical (unpaired) electrons. The van der Waals surface area contributed by atoms with Gasteiger partial charge in [-0.15, -0.1) is 0 Å². The Labute approximate surface area is 109 Å². The first-order valence-electron chi connectivity index (χ1n) is 5.87. The topological polar surface area (TPSA) is 57.9 Å². The molecule has 0 fully saturated rings. The van der Waals surface area contributed by atoms with E-state index >= 15 is 0 Å². The van der Waals surface area contributed by atoms with E-state index in [0.29, 0.717) is 5.69 Å². The summed E-state index contributed by atoms with van der Waals surface area (Å²) in [5.74, 6) is -0.335. The molecular weight excluding hydrogens is 243 g/mol. The van der Waals surface area contributed by atoms with Crippen molar-refractivity contribution in [2.75, 3.05) is 17.7 Å². The van der Waals surface area contributed by atoms with Crippen molar-refractivity contribution >= 4 is 28.1 Å². The molecular formula is C14H13FN4. The van der Waals surface area contributed by atoms with Crippen LogP contribution in [0.2, 0.25) is 0 Å². The predicted molar refractivity (Wildman–Crippen MR) is 75.0 cm³/mol. The molecule has 3 N–H and O–H groups in total. The molecule has 0 saturated heterocycles. The average Bonchev–Trinajstić information content (AvgIpc) is 2.85. The van der Waals surface area contributed by atoms with Crippen molar-refractivity contribution in [3.05, 3.63) is 48.5 Å². The summed E-state index contributed by atoms with van der Waals surface area (Å²) < 4.78 is 13.1. The van der Waals surface area contributed by atoms with Gasteiger partial charge in [0.2, 0.25) is 0 Å². The van der Waals surface area contributed by atoms with Crippen LogP contribution in [0.1, 0.15) is 0 Å². The number of aromatic amines is 1. The Balaban J connectivity index is 2.04. The second-order valence-corrected chi connectivity index (χ2v) is 4.37. The fourth-order valence-electron chi connectivity index (χ4n) is 2.10. The van der Waals surface area contributed by atoms with E-state index in [9.17, 15) is 4.39 Å². The standard InChI is InChI=1S/C14H13FN4/c1-19(14-5-2-9(15)6-11(14)16)10-3-4-12-13(7-10)18-8-17-12/h2-8H,16H2,1H3,(H,17,18). The molecule has 3 rings (SSSR count). The second kappa shape index (κ2) is 4.28. The van der Waals surface area contributed by atoms with Crippen LogP contribution in [0.25, 0.3) is 11.0 Å². The Morgan fingerprint density at radius 1 is 1.21 bits per heavy atom. The summed E-state index contributed by atoms with van der Waals surface area (Å²) in [5, 5.41) is 0. The van der Waals surface area contributed by atoms with Crippen molar-refractivity contribution in [1.29, 1.82) is 0 Å². The number of hydrogen-bond donors (Lipinski definition) is 2. The summed E-state index contributed by atoms with van der Waals surface area (Å²) >= 11 is 0. The molecule has 0 amide bonds. The number of benzene rings is 2. The van der Waals surface area contributed by atoms with Gasteiger partial charge in [0.25, 0.3) is 0 Å². The maximum absolute atomic E-state index is 13.1. The van der Waals surface area contributed by atoms with Gasteiger partial charge in [-0.1, -0.05) is 0 Å². The Bertz CT molecular complexity index is 735. The maximum atomic E-state index is 13.1. The van der Waals surface area contributed by atoms with Crippen LogP contribution in [0, 0.1) is 5.82 Å². The number of rotatable bonds is 2. The number of nitrogens with one attached hydrogen (secondary N) is 1. The van der Waals surface area contributed by atoms with Gasteiger partial charge >= 0.3 is 0 Å². The highest BCUT2D eigenvalue weighted by atomic mass is 19.1. The van der Waals surface area contributed by atoms with E-state index < -0.39 is 0 Å². The highest BCUT2D eigenvalue weighted by Crippen LogP contribution is 2.30. The smallest absolute Gasteiger partial charge is 0.125 e. The van der Waals surface area contributed by atoms with Gasteiger partial charge in [0.1, 0.15) is 5.82 Å². The molecule has 0 aliphatic carbocycles. The molecule has 96 valence electrons. The van der Waals surface area contributed by atoms with Crippen LogP contribution in [0.5, 0.6) is 0 Å². The van der Waals surface area contributed by atoms with Crippen molar-refractivity contribution in [1.82, 2.24) is 9.97 Å². The molecule has 1 heterocycles. The Morgan fingerprint density at radius 3 is 2.84 bits per heavy atom. The first-order valence-corrected chi connectivity index (χ1v) is 5.87. The SMILES string of the molecule is CN(c1ccc2nc[nH]c2c1)c1ccc(F)cc1N. The summed E-state index contributed by atoms with van der Waals surface area (Å²) in [6.07, 6.45) is 1.65. The summed E-state index contributed by atoms with van der Waals surface area (Å²) in [6, 6.07) is 10.2. The Morgan fingerprint density at radius 2 is 2.05 bits per heavy atom. The number of anilines is 3. The Kier molecular flexibility index (Phi) is 2.59. The van der Waals surface area contributed by atoms with Crippen LogP contribution < -0.4 is 10.6 Å². The quantitative estimate of drug-likeness (QED) is 0.693. The molecule has 0 spiro atoms. The predicted octanol–water partition coefficient (Wildman–Crippen LogP) is 3.05. The Hall–Kier alpha value is -2.56. The zero-order valence-electron chi connectivity index (χ0n) is 10.4. The molecule has 1 aromatic heterocycles. The van der Waals surface area contributed by atoms with Gasteiger partial charge in [-0.3, -0.25) is 0 Å². The van der Waals surface area contributed by atoms with Crippen LogP contribution in [0.4, 0.5) is 21.5 Å². The van der Waals surface area contributed by atoms with Crippen molar-refractivity contribution in [2.45, 2.75) is 0 Å². The molecule has 4 nitrogen and oxygen atoms in total. The summed E-state index contributed by atoms with van der Waals surface area (Å²) in [4.78, 5) is 9.15. The van der Waals surface area contributed by atoms with Crippen molar-refractivity contribution in [2.24, 2.45) is 0 Å². The van der Waals surface area contributed by atoms with E-state index in [4.69, 9.17) is 5.73 Å². The van der Waals surface area contributed by atoms with Gasteiger partial charge in [-0.05, 0) is 36.4 Å². The van der Waals surface area contributed by atoms with Crippen molar-refractivity contribution in [3.8, 4) is 0 Å². The van der Waals surface area contributed by atoms with Gasteiger partial charge < -0.3 is 15.6 Å². The van der Waals surface area contributed by atoms with Crippen LogP contribution >= 0.6 is 0 Å². The molecule has 0 aliphatic heterocycles. The first kappa shape index (κ1) is 11.5. The molecule has 5 heteroatoms. The van der Waals surface area contributed by atoms with Crippen LogP contribution in [-0.2, 0) is 0 Å². The normalized spacial score (nSPS) is 10.8. The zero-order chi connectivity index (χ0) is 13.4. The van der Waals surface area contributed by atoms with E-state index in [2.05, 4.69) is 9.97 Å². The number of halogens is 1. The number of nitrogens with zero attached hydrogens (tertiary/aromatic N) is 2. The number of hydrogen-bond acceptors (Lipinski definition) is 3. The molecule has 0 atom stereocenters. The molecule has 2 aromatic carbocycles. The lowest BCUT2D eigenvalue weighted by Gasteiger charge is -2.21. The number of aromatic nitrogens is 2. The zero-order valence-corrected chi connectivity index (χ0v) is 10.4. The summed E-state index contributed by atoms with van der Waals surface area (Å²) in [7, 11) is 1.89. The second-order valence-electron chi connectivity index (χ2n) is 4.37. The highest BCUT2D eigenvalue weighted by Gasteiger charge is 2.09. The van der Waals surface area contributed by atoms with Gasteiger partial charge in [0.05, 0.1) is 28.7 Å². The highest BCUT2D eigenvalue weighted by molar-refractivity contribution is 5.82. The number of fused-ring (bicyclic) bond motifs is 1. The number of H-pyrrole nitrogens is 1. The number of nitrogens with two attached hydrogens (primary N) is 1. The van der Waals surface area contributed by atoms with Crippen LogP contribution in [0.3, 0.4) is 0 Å². The van der Waals surface area contributed by atoms with Gasteiger partial charge in [-0.2, -0.15) is 0 Å². The van der Waals surface area contributed by atoms with Crippen LogP contribution in [0.15, 0.2) is 42.7 Å². The lowest BCUT2D eigenvalue weighted by atomic mass is 10.2. The minimum Gasteiger partial charge on any atom is -0.397 e. The lowest BCUT2D eigenvalue weighted by Crippen LogP contribution is -2.11. The van der Waals surface area contributed by atoms with E-state index in [0.717, 1.165) is 22.4 Å². The van der Waals surface area contributed by atoms with Crippen LogP contribution in [-0.4, -0.2) is 17.0 Å². The number of nitrogen functional groups attached to an aromatic ring is 1. The molecule has 19 heavy (non-hydrogen) atoms. The summed E-state index contributed by atoms with van der Waals surface area (Å²) in [5.41, 5.74) is 9.83. The lowest BCUT2D eigenvalue weighted by molar-refractivity contribution is 0.628. The monoisotopic (exact) mass is 256 g/mol. The minimum atomic E-state index is -0.335. The largest absolute Gasteiger partial charge is 0.397 e. The summed E-state index contributed by atoms with van der Waals surface area (Å²) in [6.45, 7) is 0. The molecule has 0 saturated carbocycles. The van der Waals surface area contributed by atoms with E-state index in [1.807, 2.05) is 30.1 Å². The fraction of sp³-hybridized carbons (Fsp3) is 0.0714. The van der Waals surface area contributed by atoms with Crippen molar-refractivity contribution in [3.63, 3.8) is 0 Å². The fourth-order valence-corrected chi connectivity index (χ4v) is 2.10. The van der Waals surface area contributed by atoms with Crippen molar-refractivity contribution < 1.29 is 4.39 Å². The van der Waals surface area contributed by atoms with E-state index in [-0.39, 0.29) is 5.82 Å². The third-order valence-corrected chi connectivity index (χ3v) is 3.14. The minimum absolute atomic E-state index is 0.335. The molecule has 0 aliphatic rings. The van der Waals surface area contributed by atoms with Gasteiger partial charge in [0, 0.05) is 12.7 Å². The number of imidazole rings is 1. The average molecular weight is 256 g/mol. The molecule has 0 bridgehead atoms. The molecule has 0 unspecified atom stereocenters. The third kappa shape index (κ3) is 1.99. The molecule has 3 aromatic rings. The van der Waals surface area contributed by atoms with E-state index in [1.165, 1.54) is 12.1 Å².